The summed E-state index contributed by atoms with van der Waals surface area (Å²) in [5, 5.41) is 21.5. The van der Waals surface area contributed by atoms with Crippen LogP contribution in [0.5, 0.6) is 0 Å². The van der Waals surface area contributed by atoms with Crippen LogP contribution in [0.2, 0.25) is 15.1 Å². The van der Waals surface area contributed by atoms with Crippen LogP contribution in [0.1, 0.15) is 27.3 Å². The van der Waals surface area contributed by atoms with Gasteiger partial charge in [-0.05, 0) is 42.3 Å². The molecule has 0 saturated heterocycles. The Kier molecular flexibility index (Phi) is 6.95. The number of fused-ring (bicyclic) bond motifs is 2. The third-order valence-electron chi connectivity index (χ3n) is 6.02. The molecule has 11 heteroatoms. The molecule has 0 unspecified atom stereocenters. The van der Waals surface area contributed by atoms with Crippen molar-refractivity contribution in [1.29, 1.82) is 5.26 Å². The van der Waals surface area contributed by atoms with Crippen molar-refractivity contribution in [2.75, 3.05) is 0 Å². The van der Waals surface area contributed by atoms with Gasteiger partial charge in [-0.15, -0.1) is 11.3 Å². The Labute approximate surface area is 234 Å². The normalized spacial score (nSPS) is 11.4. The Hall–Kier alpha value is -3.74. The van der Waals surface area contributed by atoms with Crippen molar-refractivity contribution < 1.29 is 9.90 Å². The minimum Gasteiger partial charge on any atom is -0.478 e. The molecule has 0 aliphatic carbocycles. The summed E-state index contributed by atoms with van der Waals surface area (Å²) in [6.07, 6.45) is 5.21. The molecule has 0 spiro atoms. The van der Waals surface area contributed by atoms with E-state index >= 15 is 0 Å². The lowest BCUT2D eigenvalue weighted by atomic mass is 9.99. The van der Waals surface area contributed by atoms with Crippen LogP contribution in [0.25, 0.3) is 38.3 Å². The van der Waals surface area contributed by atoms with E-state index in [-0.39, 0.29) is 33.1 Å². The molecule has 7 nitrogen and oxygen atoms in total. The second-order valence-corrected chi connectivity index (χ2v) is 10.4. The van der Waals surface area contributed by atoms with E-state index in [0.717, 1.165) is 21.4 Å². The van der Waals surface area contributed by atoms with Crippen molar-refractivity contribution in [1.82, 2.24) is 14.5 Å². The van der Waals surface area contributed by atoms with Gasteiger partial charge in [-0.25, -0.2) is 9.78 Å². The lowest BCUT2D eigenvalue weighted by Gasteiger charge is -2.11. The van der Waals surface area contributed by atoms with Gasteiger partial charge in [0.05, 0.1) is 42.3 Å². The number of nitrogens with zero attached hydrogens (tertiary/aromatic N) is 4. The van der Waals surface area contributed by atoms with Gasteiger partial charge < -0.3 is 5.11 Å². The van der Waals surface area contributed by atoms with Crippen molar-refractivity contribution in [3.63, 3.8) is 0 Å². The van der Waals surface area contributed by atoms with Crippen LogP contribution in [0.4, 0.5) is 0 Å². The molecule has 0 saturated carbocycles. The Morgan fingerprint density at radius 1 is 1.21 bits per heavy atom. The number of thiophene rings is 1. The molecule has 3 aromatic heterocycles. The topological polar surface area (TPSA) is 109 Å². The molecule has 0 radical (unpaired) electrons. The number of halogens is 3. The number of carboxylic acid groups (broad SMARTS) is 1. The van der Waals surface area contributed by atoms with E-state index in [1.807, 2.05) is 24.3 Å². The summed E-state index contributed by atoms with van der Waals surface area (Å²) >= 11 is 19.9. The third-order valence-corrected chi connectivity index (χ3v) is 8.04. The number of allylic oxidation sites excluding steroid dienone is 1. The Morgan fingerprint density at radius 3 is 2.74 bits per heavy atom. The molecule has 5 rings (SSSR count). The van der Waals surface area contributed by atoms with Crippen molar-refractivity contribution >= 4 is 79.3 Å². The first-order valence-corrected chi connectivity index (χ1v) is 13.1. The van der Waals surface area contributed by atoms with Gasteiger partial charge in [0.25, 0.3) is 5.56 Å². The average Bonchev–Trinajstić information content (AvgIpc) is 3.33. The molecule has 3 heterocycles. The number of nitriles is 1. The number of hydrogen-bond donors (Lipinski definition) is 1. The zero-order valence-electron chi connectivity index (χ0n) is 19.5. The molecule has 5 aromatic rings. The van der Waals surface area contributed by atoms with Crippen LogP contribution in [0.3, 0.4) is 0 Å². The molecule has 1 N–H and O–H groups in total. The Morgan fingerprint density at radius 2 is 2.00 bits per heavy atom. The maximum absolute atomic E-state index is 13.3. The van der Waals surface area contributed by atoms with Crippen molar-refractivity contribution in [3.05, 3.63) is 95.9 Å². The highest BCUT2D eigenvalue weighted by molar-refractivity contribution is 7.18. The third kappa shape index (κ3) is 4.44. The van der Waals surface area contributed by atoms with Crippen LogP contribution in [-0.2, 0) is 6.54 Å². The Balaban J connectivity index is 1.58. The van der Waals surface area contributed by atoms with Crippen LogP contribution in [0, 0.1) is 18.3 Å². The fourth-order valence-corrected chi connectivity index (χ4v) is 5.83. The van der Waals surface area contributed by atoms with Gasteiger partial charge in [-0.3, -0.25) is 14.3 Å². The lowest BCUT2D eigenvalue weighted by molar-refractivity contribution is 0.0699. The smallest absolute Gasteiger partial charge is 0.338 e. The highest BCUT2D eigenvalue weighted by Crippen LogP contribution is 2.37. The molecule has 0 aliphatic rings. The first kappa shape index (κ1) is 25.9. The SMILES string of the molecule is Cc1nc2cc(Cl)c(Cl)c(C#N)c2c(=O)n1C/C=C/c1ccc(Cl)cc1-c1ccnc2c(C(=O)O)csc12. The quantitative estimate of drug-likeness (QED) is 0.235. The summed E-state index contributed by atoms with van der Waals surface area (Å²) < 4.78 is 2.18. The number of aromatic carboxylic acids is 1. The van der Waals surface area contributed by atoms with Crippen molar-refractivity contribution in [2.24, 2.45) is 0 Å². The molecule has 2 aromatic carbocycles. The maximum atomic E-state index is 13.3. The van der Waals surface area contributed by atoms with Crippen LogP contribution >= 0.6 is 46.1 Å². The Bertz CT molecular complexity index is 1920. The fraction of sp³-hybridized carbons (Fsp3) is 0.0741. The zero-order chi connectivity index (χ0) is 27.1. The first-order chi connectivity index (χ1) is 18.2. The van der Waals surface area contributed by atoms with Gasteiger partial charge in [-0.2, -0.15) is 5.26 Å². The number of aryl methyl sites for hydroxylation is 1. The summed E-state index contributed by atoms with van der Waals surface area (Å²) in [5.74, 6) is -0.596. The van der Waals surface area contributed by atoms with E-state index in [1.54, 1.807) is 36.7 Å². The minimum atomic E-state index is -1.04. The summed E-state index contributed by atoms with van der Waals surface area (Å²) in [6.45, 7) is 1.87. The second kappa shape index (κ2) is 10.2. The van der Waals surface area contributed by atoms with Gasteiger partial charge in [-0.1, -0.05) is 53.0 Å². The number of carboxylic acids is 1. The van der Waals surface area contributed by atoms with Crippen LogP contribution in [-0.4, -0.2) is 25.6 Å². The number of carbonyl (C=O) groups is 1. The zero-order valence-corrected chi connectivity index (χ0v) is 22.6. The van der Waals surface area contributed by atoms with Crippen LogP contribution in [0.15, 0.2) is 52.8 Å². The number of aromatic nitrogens is 3. The summed E-state index contributed by atoms with van der Waals surface area (Å²) in [7, 11) is 0. The number of pyridine rings is 1. The molecule has 0 atom stereocenters. The molecule has 0 aliphatic heterocycles. The van der Waals surface area contributed by atoms with Crippen molar-refractivity contribution in [2.45, 2.75) is 13.5 Å². The van der Waals surface area contributed by atoms with Gasteiger partial charge in [0.2, 0.25) is 0 Å². The maximum Gasteiger partial charge on any atom is 0.338 e. The summed E-state index contributed by atoms with van der Waals surface area (Å²) in [6, 6.07) is 10.6. The lowest BCUT2D eigenvalue weighted by Crippen LogP contribution is -2.24. The van der Waals surface area contributed by atoms with E-state index in [1.165, 1.54) is 22.0 Å². The highest BCUT2D eigenvalue weighted by atomic mass is 35.5. The molecule has 0 amide bonds. The average molecular weight is 582 g/mol. The minimum absolute atomic E-state index is 0.0113. The number of hydrogen-bond acceptors (Lipinski definition) is 6. The van der Waals surface area contributed by atoms with Gasteiger partial charge in [0.15, 0.2) is 0 Å². The monoisotopic (exact) mass is 580 g/mol. The molecular formula is C27H15Cl3N4O3S. The highest BCUT2D eigenvalue weighted by Gasteiger charge is 2.18. The number of benzene rings is 2. The largest absolute Gasteiger partial charge is 0.478 e. The van der Waals surface area contributed by atoms with E-state index in [4.69, 9.17) is 34.8 Å². The standard InChI is InChI=1S/C27H15Cl3N4O3S/c1-13-33-21-10-20(29)23(30)18(11-31)22(21)26(35)34(13)8-2-3-14-4-5-15(28)9-17(14)16-6-7-32-24-19(27(36)37)12-38-25(16)24/h2-7,9-10,12H,8H2,1H3,(H,36,37)/b3-2+. The van der Waals surface area contributed by atoms with Crippen molar-refractivity contribution in [3.8, 4) is 17.2 Å². The predicted molar refractivity (Wildman–Crippen MR) is 152 cm³/mol. The van der Waals surface area contributed by atoms with Gasteiger partial charge in [0.1, 0.15) is 11.9 Å². The fourth-order valence-electron chi connectivity index (χ4n) is 4.24. The van der Waals surface area contributed by atoms with E-state index in [0.29, 0.717) is 21.9 Å². The summed E-state index contributed by atoms with van der Waals surface area (Å²) in [5.41, 5.74) is 2.82. The molecule has 188 valence electrons. The van der Waals surface area contributed by atoms with E-state index in [2.05, 4.69) is 9.97 Å². The predicted octanol–water partition coefficient (Wildman–Crippen LogP) is 7.23. The number of rotatable bonds is 5. The molecular weight excluding hydrogens is 567 g/mol. The molecule has 0 fully saturated rings. The van der Waals surface area contributed by atoms with Gasteiger partial charge >= 0.3 is 5.97 Å². The molecule has 0 bridgehead atoms. The van der Waals surface area contributed by atoms with E-state index in [9.17, 15) is 20.0 Å². The summed E-state index contributed by atoms with van der Waals surface area (Å²) in [4.78, 5) is 33.7. The van der Waals surface area contributed by atoms with E-state index < -0.39 is 11.5 Å². The van der Waals surface area contributed by atoms with Crippen LogP contribution < -0.4 is 5.56 Å². The molecule has 38 heavy (non-hydrogen) atoms. The second-order valence-electron chi connectivity index (χ2n) is 8.25. The van der Waals surface area contributed by atoms with Gasteiger partial charge in [0, 0.05) is 28.7 Å². The first-order valence-electron chi connectivity index (χ1n) is 11.1.